The average molecular weight is 415 g/mol. The van der Waals surface area contributed by atoms with Crippen LogP contribution in [0.1, 0.15) is 96.8 Å². The second-order valence-corrected chi connectivity index (χ2v) is 8.43. The molecular weight excluding hydrogens is 368 g/mol. The topological polar surface area (TPSA) is 79.2 Å². The van der Waals surface area contributed by atoms with Gasteiger partial charge in [0.05, 0.1) is 13.2 Å². The summed E-state index contributed by atoms with van der Waals surface area (Å²) in [6, 6.07) is 0. The van der Waals surface area contributed by atoms with Crippen LogP contribution in [0.3, 0.4) is 0 Å². The molecule has 0 radical (unpaired) electrons. The van der Waals surface area contributed by atoms with Gasteiger partial charge in [-0.05, 0) is 32.1 Å². The van der Waals surface area contributed by atoms with Gasteiger partial charge in [0.1, 0.15) is 24.4 Å². The van der Waals surface area contributed by atoms with Crippen LogP contribution in [-0.4, -0.2) is 59.6 Å². The highest BCUT2D eigenvalue weighted by atomic mass is 16.6. The molecule has 29 heavy (non-hydrogen) atoms. The molecule has 5 nitrogen and oxygen atoms in total. The van der Waals surface area contributed by atoms with E-state index in [1.54, 1.807) is 0 Å². The molecule has 172 valence electrons. The van der Waals surface area contributed by atoms with E-state index in [2.05, 4.69) is 19.1 Å². The number of aliphatic hydroxyl groups is 3. The minimum Gasteiger partial charge on any atom is -0.388 e. The zero-order chi connectivity index (χ0) is 21.2. The highest BCUT2D eigenvalue weighted by Crippen LogP contribution is 2.16. The SMILES string of the molecule is CCCCCCCCCCCC/C=C/CCCCOC[C@@H]1OC[C@@H](O)[C@H](O)[C@H]1O. The number of hydrogen-bond donors (Lipinski definition) is 3. The fourth-order valence-electron chi connectivity index (χ4n) is 3.66. The molecule has 0 saturated carbocycles. The molecule has 0 aliphatic carbocycles. The highest BCUT2D eigenvalue weighted by molar-refractivity contribution is 4.86. The van der Waals surface area contributed by atoms with E-state index in [-0.39, 0.29) is 13.2 Å². The van der Waals surface area contributed by atoms with Crippen molar-refractivity contribution in [2.45, 2.75) is 121 Å². The van der Waals surface area contributed by atoms with E-state index in [9.17, 15) is 15.3 Å². The Morgan fingerprint density at radius 1 is 0.759 bits per heavy atom. The zero-order valence-corrected chi connectivity index (χ0v) is 18.6. The summed E-state index contributed by atoms with van der Waals surface area (Å²) < 4.78 is 10.9. The second kappa shape index (κ2) is 18.3. The van der Waals surface area contributed by atoms with Gasteiger partial charge in [-0.2, -0.15) is 0 Å². The van der Waals surface area contributed by atoms with E-state index < -0.39 is 24.4 Å². The van der Waals surface area contributed by atoms with Crippen molar-refractivity contribution in [1.82, 2.24) is 0 Å². The van der Waals surface area contributed by atoms with E-state index in [1.807, 2.05) is 0 Å². The molecule has 5 heteroatoms. The molecule has 0 amide bonds. The van der Waals surface area contributed by atoms with Crippen LogP contribution in [0.2, 0.25) is 0 Å². The van der Waals surface area contributed by atoms with Gasteiger partial charge in [-0.3, -0.25) is 0 Å². The van der Waals surface area contributed by atoms with Crippen LogP contribution in [-0.2, 0) is 9.47 Å². The van der Waals surface area contributed by atoms with Crippen LogP contribution in [0, 0.1) is 0 Å². The molecule has 0 unspecified atom stereocenters. The molecule has 0 bridgehead atoms. The maximum absolute atomic E-state index is 9.83. The zero-order valence-electron chi connectivity index (χ0n) is 18.6. The van der Waals surface area contributed by atoms with Crippen molar-refractivity contribution in [1.29, 1.82) is 0 Å². The lowest BCUT2D eigenvalue weighted by Crippen LogP contribution is -2.54. The third-order valence-corrected chi connectivity index (χ3v) is 5.69. The molecule has 1 saturated heterocycles. The number of hydrogen-bond acceptors (Lipinski definition) is 5. The third kappa shape index (κ3) is 13.5. The molecule has 3 N–H and O–H groups in total. The molecular formula is C24H46O5. The van der Waals surface area contributed by atoms with E-state index in [1.165, 1.54) is 70.6 Å². The molecule has 1 heterocycles. The van der Waals surface area contributed by atoms with Crippen molar-refractivity contribution >= 4 is 0 Å². The van der Waals surface area contributed by atoms with Gasteiger partial charge in [0, 0.05) is 6.61 Å². The smallest absolute Gasteiger partial charge is 0.111 e. The lowest BCUT2D eigenvalue weighted by Gasteiger charge is -2.35. The normalized spacial score (nSPS) is 25.1. The molecule has 1 aliphatic heterocycles. The summed E-state index contributed by atoms with van der Waals surface area (Å²) >= 11 is 0. The maximum Gasteiger partial charge on any atom is 0.111 e. The Bertz CT molecular complexity index is 387. The first kappa shape index (κ1) is 26.6. The fourth-order valence-corrected chi connectivity index (χ4v) is 3.66. The molecule has 1 rings (SSSR count). The van der Waals surface area contributed by atoms with Crippen molar-refractivity contribution in [2.24, 2.45) is 0 Å². The average Bonchev–Trinajstić information content (AvgIpc) is 2.72. The van der Waals surface area contributed by atoms with Gasteiger partial charge in [0.25, 0.3) is 0 Å². The van der Waals surface area contributed by atoms with Gasteiger partial charge >= 0.3 is 0 Å². The van der Waals surface area contributed by atoms with Crippen molar-refractivity contribution in [3.63, 3.8) is 0 Å². The Hall–Kier alpha value is -0.460. The summed E-state index contributed by atoms with van der Waals surface area (Å²) in [7, 11) is 0. The van der Waals surface area contributed by atoms with Crippen molar-refractivity contribution in [3.05, 3.63) is 12.2 Å². The van der Waals surface area contributed by atoms with Crippen LogP contribution in [0.4, 0.5) is 0 Å². The van der Waals surface area contributed by atoms with Crippen LogP contribution in [0.5, 0.6) is 0 Å². The predicted octanol–water partition coefficient (Wildman–Crippen LogP) is 4.52. The monoisotopic (exact) mass is 414 g/mol. The minimum atomic E-state index is -1.15. The number of rotatable bonds is 18. The highest BCUT2D eigenvalue weighted by Gasteiger charge is 2.37. The Balaban J connectivity index is 1.81. The Morgan fingerprint density at radius 2 is 1.31 bits per heavy atom. The first-order chi connectivity index (χ1) is 14.2. The van der Waals surface area contributed by atoms with Gasteiger partial charge in [0.2, 0.25) is 0 Å². The van der Waals surface area contributed by atoms with Crippen LogP contribution >= 0.6 is 0 Å². The van der Waals surface area contributed by atoms with Gasteiger partial charge in [0.15, 0.2) is 0 Å². The van der Waals surface area contributed by atoms with Crippen LogP contribution in [0.25, 0.3) is 0 Å². The summed E-state index contributed by atoms with van der Waals surface area (Å²) in [5.41, 5.74) is 0. The van der Waals surface area contributed by atoms with E-state index in [0.717, 1.165) is 19.3 Å². The van der Waals surface area contributed by atoms with Gasteiger partial charge < -0.3 is 24.8 Å². The minimum absolute atomic E-state index is 0.0378. The lowest BCUT2D eigenvalue weighted by atomic mass is 10.0. The molecule has 0 aromatic carbocycles. The maximum atomic E-state index is 9.83. The number of allylic oxidation sites excluding steroid dienone is 2. The quantitative estimate of drug-likeness (QED) is 0.227. The first-order valence-corrected chi connectivity index (χ1v) is 12.0. The molecule has 4 atom stereocenters. The molecule has 0 aromatic heterocycles. The predicted molar refractivity (Wildman–Crippen MR) is 118 cm³/mol. The van der Waals surface area contributed by atoms with Gasteiger partial charge in [-0.25, -0.2) is 0 Å². The van der Waals surface area contributed by atoms with E-state index in [4.69, 9.17) is 9.47 Å². The standard InChI is InChI=1S/C24H46O5/c1-2-3-4-5-6-7-8-9-10-11-12-13-14-15-16-17-18-28-20-22-24(27)23(26)21(25)19-29-22/h13-14,21-27H,2-12,15-20H2,1H3/b14-13+/t21-,22+,23+,24+/m1/s1. The molecule has 1 aliphatic rings. The summed E-state index contributed by atoms with van der Waals surface area (Å²) in [6.45, 7) is 3.18. The number of unbranched alkanes of at least 4 members (excludes halogenated alkanes) is 12. The number of aliphatic hydroxyl groups excluding tert-OH is 3. The van der Waals surface area contributed by atoms with E-state index >= 15 is 0 Å². The van der Waals surface area contributed by atoms with Gasteiger partial charge in [-0.15, -0.1) is 0 Å². The summed E-state index contributed by atoms with van der Waals surface area (Å²) in [6.07, 6.45) is 18.9. The van der Waals surface area contributed by atoms with Gasteiger partial charge in [-0.1, -0.05) is 76.9 Å². The van der Waals surface area contributed by atoms with Crippen LogP contribution < -0.4 is 0 Å². The Kier molecular flexibility index (Phi) is 16.8. The van der Waals surface area contributed by atoms with Crippen LogP contribution in [0.15, 0.2) is 12.2 Å². The van der Waals surface area contributed by atoms with Crippen molar-refractivity contribution in [2.75, 3.05) is 19.8 Å². The van der Waals surface area contributed by atoms with Crippen molar-refractivity contribution in [3.8, 4) is 0 Å². The lowest BCUT2D eigenvalue weighted by molar-refractivity contribution is -0.199. The Labute approximate surface area is 178 Å². The fraction of sp³-hybridized carbons (Fsp3) is 0.917. The van der Waals surface area contributed by atoms with E-state index in [0.29, 0.717) is 6.61 Å². The molecule has 0 spiro atoms. The third-order valence-electron chi connectivity index (χ3n) is 5.69. The molecule has 0 aromatic rings. The Morgan fingerprint density at radius 3 is 1.93 bits per heavy atom. The van der Waals surface area contributed by atoms with Crippen molar-refractivity contribution < 1.29 is 24.8 Å². The summed E-state index contributed by atoms with van der Waals surface area (Å²) in [4.78, 5) is 0. The molecule has 1 fully saturated rings. The second-order valence-electron chi connectivity index (χ2n) is 8.43. The summed E-state index contributed by atoms with van der Waals surface area (Å²) in [5.74, 6) is 0. The summed E-state index contributed by atoms with van der Waals surface area (Å²) in [5, 5.41) is 28.9. The largest absolute Gasteiger partial charge is 0.388 e. The first-order valence-electron chi connectivity index (χ1n) is 12.0. The number of ether oxygens (including phenoxy) is 2.